The number of amides is 2. The van der Waals surface area contributed by atoms with Gasteiger partial charge < -0.3 is 14.9 Å². The fourth-order valence-electron chi connectivity index (χ4n) is 5.18. The minimum Gasteiger partial charge on any atom is -0.508 e. The number of phenols is 1. The lowest BCUT2D eigenvalue weighted by Gasteiger charge is -2.41. The van der Waals surface area contributed by atoms with Crippen molar-refractivity contribution in [2.24, 2.45) is 4.99 Å². The molecule has 0 aliphatic carbocycles. The summed E-state index contributed by atoms with van der Waals surface area (Å²) in [6, 6.07) is 11.9. The van der Waals surface area contributed by atoms with E-state index in [1.807, 2.05) is 45.0 Å². The monoisotopic (exact) mass is 627 g/mol. The first kappa shape index (κ1) is 31.3. The number of halogens is 3. The molecule has 1 aliphatic rings. The molecule has 11 heteroatoms. The fraction of sp³-hybridized carbons (Fsp3) is 0.290. The van der Waals surface area contributed by atoms with Gasteiger partial charge in [-0.15, -0.1) is 0 Å². The van der Waals surface area contributed by atoms with Crippen molar-refractivity contribution in [2.75, 3.05) is 31.6 Å². The molecule has 1 N–H and O–H groups in total. The molecule has 0 radical (unpaired) electrons. The zero-order valence-electron chi connectivity index (χ0n) is 23.8. The molecule has 1 atom stereocenters. The van der Waals surface area contributed by atoms with E-state index in [1.54, 1.807) is 18.0 Å². The molecule has 2 heterocycles. The summed E-state index contributed by atoms with van der Waals surface area (Å²) in [6.07, 6.45) is 2.02. The number of para-hydroxylation sites is 1. The number of rotatable bonds is 7. The van der Waals surface area contributed by atoms with E-state index in [9.17, 15) is 14.7 Å². The lowest BCUT2D eigenvalue weighted by Crippen LogP contribution is -2.55. The van der Waals surface area contributed by atoms with Crippen molar-refractivity contribution in [3.05, 3.63) is 81.3 Å². The molecule has 1 fully saturated rings. The quantitative estimate of drug-likeness (QED) is 0.133. The number of carbonyl (C=O) groups is 2. The lowest BCUT2D eigenvalue weighted by molar-refractivity contribution is -0.128. The number of carbonyl (C=O) groups excluding carboxylic acids is 2. The van der Waals surface area contributed by atoms with Gasteiger partial charge in [0.15, 0.2) is 5.82 Å². The maximum atomic E-state index is 12.9. The van der Waals surface area contributed by atoms with Gasteiger partial charge in [-0.1, -0.05) is 73.4 Å². The molecule has 0 spiro atoms. The summed E-state index contributed by atoms with van der Waals surface area (Å²) >= 11 is 19.7. The van der Waals surface area contributed by atoms with Crippen LogP contribution in [0.25, 0.3) is 11.3 Å². The molecule has 4 rings (SSSR count). The number of hydrogen-bond donors (Lipinski definition) is 1. The number of pyridine rings is 1. The van der Waals surface area contributed by atoms with Gasteiger partial charge in [-0.2, -0.15) is 0 Å². The minimum absolute atomic E-state index is 0.105. The average molecular weight is 629 g/mol. The van der Waals surface area contributed by atoms with Crippen LogP contribution in [0, 0.1) is 0 Å². The maximum absolute atomic E-state index is 12.9. The van der Waals surface area contributed by atoms with Gasteiger partial charge in [-0.25, -0.2) is 4.98 Å². The van der Waals surface area contributed by atoms with Crippen LogP contribution in [0.15, 0.2) is 60.1 Å². The van der Waals surface area contributed by atoms with Crippen LogP contribution in [-0.4, -0.2) is 70.8 Å². The van der Waals surface area contributed by atoms with Crippen LogP contribution in [0.4, 0.5) is 11.5 Å². The van der Waals surface area contributed by atoms with Crippen molar-refractivity contribution < 1.29 is 14.7 Å². The number of anilines is 2. The molecule has 42 heavy (non-hydrogen) atoms. The molecule has 1 unspecified atom stereocenters. The number of aliphatic imine (C=N–C) groups is 1. The molecule has 1 aromatic heterocycles. The summed E-state index contributed by atoms with van der Waals surface area (Å²) in [5.74, 6) is 0.679. The first-order valence-corrected chi connectivity index (χ1v) is 14.5. The summed E-state index contributed by atoms with van der Waals surface area (Å²) in [5.41, 5.74) is 2.63. The number of aromatic hydroxyl groups is 1. The predicted octanol–water partition coefficient (Wildman–Crippen LogP) is 6.93. The predicted molar refractivity (Wildman–Crippen MR) is 171 cm³/mol. The Morgan fingerprint density at radius 3 is 2.50 bits per heavy atom. The molecule has 3 aromatic rings. The zero-order chi connectivity index (χ0) is 30.7. The molecule has 1 aliphatic heterocycles. The number of amidine groups is 1. The van der Waals surface area contributed by atoms with Crippen molar-refractivity contribution in [2.45, 2.75) is 32.7 Å². The van der Waals surface area contributed by atoms with Gasteiger partial charge in [0.25, 0.3) is 0 Å². The Morgan fingerprint density at radius 1 is 1.17 bits per heavy atom. The highest BCUT2D eigenvalue weighted by Crippen LogP contribution is 2.42. The van der Waals surface area contributed by atoms with Gasteiger partial charge in [0.05, 0.1) is 32.0 Å². The smallest absolute Gasteiger partial charge is 0.246 e. The number of nitrogens with zero attached hydrogens (tertiary/aromatic N) is 5. The zero-order valence-corrected chi connectivity index (χ0v) is 26.1. The van der Waals surface area contributed by atoms with Crippen LogP contribution in [0.3, 0.4) is 0 Å². The van der Waals surface area contributed by atoms with Gasteiger partial charge in [-0.05, 0) is 42.7 Å². The van der Waals surface area contributed by atoms with E-state index in [1.165, 1.54) is 23.1 Å². The summed E-state index contributed by atoms with van der Waals surface area (Å²) < 4.78 is 0. The van der Waals surface area contributed by atoms with E-state index in [-0.39, 0.29) is 50.2 Å². The van der Waals surface area contributed by atoms with Gasteiger partial charge in [0, 0.05) is 44.4 Å². The number of piperazine rings is 1. The normalized spacial score (nSPS) is 15.6. The Kier molecular flexibility index (Phi) is 9.82. The Morgan fingerprint density at radius 2 is 1.88 bits per heavy atom. The highest BCUT2D eigenvalue weighted by atomic mass is 35.5. The number of phenolic OH excluding ortho intramolecular Hbond substituents is 1. The standard InChI is InChI=1S/C31H32Cl3N5O3/c1-6-27(42)37-11-12-38(19(4)16-37)30(35-5)23-15-25(33)29(22-13-20(41)14-24(32)28(22)34)36-31(23)39(17-40)26-10-8-7-9-21(26)18(2)3/h6-10,13-15,17-19,41H,1,11-12,16H2,2-5H3/b35-30+. The average Bonchev–Trinajstić information content (AvgIpc) is 2.97. The SMILES string of the molecule is C=CC(=O)N1CCN(/C(=N/C)c2cc(Cl)c(-c3cc(O)cc(Cl)c3Cl)nc2N(C=O)c2ccccc2C(C)C)C(C)C1. The first-order chi connectivity index (χ1) is 20.0. The van der Waals surface area contributed by atoms with Crippen LogP contribution >= 0.6 is 34.8 Å². The summed E-state index contributed by atoms with van der Waals surface area (Å²) in [7, 11) is 1.66. The minimum atomic E-state index is -0.134. The highest BCUT2D eigenvalue weighted by molar-refractivity contribution is 6.44. The van der Waals surface area contributed by atoms with E-state index < -0.39 is 0 Å². The second kappa shape index (κ2) is 13.2. The van der Waals surface area contributed by atoms with Gasteiger partial charge in [0.2, 0.25) is 12.3 Å². The molecule has 220 valence electrons. The summed E-state index contributed by atoms with van der Waals surface area (Å²) in [4.78, 5) is 40.0. The van der Waals surface area contributed by atoms with Gasteiger partial charge in [0.1, 0.15) is 11.6 Å². The molecule has 2 aromatic carbocycles. The van der Waals surface area contributed by atoms with Crippen molar-refractivity contribution >= 4 is 64.5 Å². The lowest BCUT2D eigenvalue weighted by atomic mass is 10.00. The molecule has 0 saturated carbocycles. The topological polar surface area (TPSA) is 89.3 Å². The summed E-state index contributed by atoms with van der Waals surface area (Å²) in [6.45, 7) is 11.1. The molecular weight excluding hydrogens is 597 g/mol. The molecule has 2 amide bonds. The number of aromatic nitrogens is 1. The van der Waals surface area contributed by atoms with E-state index >= 15 is 0 Å². The van der Waals surface area contributed by atoms with E-state index in [2.05, 4.69) is 16.5 Å². The van der Waals surface area contributed by atoms with E-state index in [0.717, 1.165) is 5.56 Å². The largest absolute Gasteiger partial charge is 0.508 e. The first-order valence-electron chi connectivity index (χ1n) is 13.4. The third-order valence-electron chi connectivity index (χ3n) is 7.21. The molecule has 0 bridgehead atoms. The van der Waals surface area contributed by atoms with Crippen LogP contribution in [0.1, 0.15) is 37.8 Å². The summed E-state index contributed by atoms with van der Waals surface area (Å²) in [5, 5.41) is 10.8. The highest BCUT2D eigenvalue weighted by Gasteiger charge is 2.32. The Bertz CT molecular complexity index is 1560. The van der Waals surface area contributed by atoms with Crippen molar-refractivity contribution in [3.63, 3.8) is 0 Å². The van der Waals surface area contributed by atoms with Crippen molar-refractivity contribution in [1.29, 1.82) is 0 Å². The number of benzene rings is 2. The molecule has 1 saturated heterocycles. The Balaban J connectivity index is 1.96. The second-order valence-corrected chi connectivity index (χ2v) is 11.4. The van der Waals surface area contributed by atoms with Crippen molar-refractivity contribution in [3.8, 4) is 17.0 Å². The third kappa shape index (κ3) is 6.11. The van der Waals surface area contributed by atoms with Crippen LogP contribution < -0.4 is 4.90 Å². The maximum Gasteiger partial charge on any atom is 0.246 e. The van der Waals surface area contributed by atoms with Crippen LogP contribution in [0.2, 0.25) is 15.1 Å². The molecular formula is C31H32Cl3N5O3. The Hall–Kier alpha value is -3.59. The third-order valence-corrected chi connectivity index (χ3v) is 8.30. The Labute approximate surface area is 260 Å². The van der Waals surface area contributed by atoms with E-state index in [4.69, 9.17) is 39.8 Å². The van der Waals surface area contributed by atoms with E-state index in [0.29, 0.717) is 48.7 Å². The fourth-order valence-corrected chi connectivity index (χ4v) is 5.85. The van der Waals surface area contributed by atoms with Crippen molar-refractivity contribution in [1.82, 2.24) is 14.8 Å². The van der Waals surface area contributed by atoms with Gasteiger partial charge in [-0.3, -0.25) is 19.5 Å². The van der Waals surface area contributed by atoms with Crippen LogP contribution in [-0.2, 0) is 9.59 Å². The molecule has 8 nitrogen and oxygen atoms in total. The van der Waals surface area contributed by atoms with Crippen LogP contribution in [0.5, 0.6) is 5.75 Å². The van der Waals surface area contributed by atoms with Gasteiger partial charge >= 0.3 is 0 Å². The number of hydrogen-bond acceptors (Lipinski definition) is 5. The second-order valence-electron chi connectivity index (χ2n) is 10.2.